The second-order valence-electron chi connectivity index (χ2n) is 3.83. The minimum atomic E-state index is -1.06. The number of anilines is 1. The molecule has 1 aliphatic heterocycles. The average molecular weight is 219 g/mol. The second-order valence-corrected chi connectivity index (χ2v) is 3.83. The highest BCUT2D eigenvalue weighted by molar-refractivity contribution is 5.50. The van der Waals surface area contributed by atoms with E-state index < -0.39 is 12.2 Å². The first-order valence-electron chi connectivity index (χ1n) is 5.18. The van der Waals surface area contributed by atoms with Crippen LogP contribution in [-0.2, 0) is 6.42 Å². The van der Waals surface area contributed by atoms with Crippen molar-refractivity contribution in [1.29, 1.82) is 5.26 Å². The Morgan fingerprint density at radius 2 is 2.38 bits per heavy atom. The first-order chi connectivity index (χ1) is 7.72. The zero-order chi connectivity index (χ0) is 11.5. The Balaban J connectivity index is 2.18. The fourth-order valence-electron chi connectivity index (χ4n) is 1.78. The number of nitrogens with zero attached hydrogens (tertiary/aromatic N) is 2. The summed E-state index contributed by atoms with van der Waals surface area (Å²) in [5, 5.41) is 30.8. The van der Waals surface area contributed by atoms with Gasteiger partial charge in [-0.25, -0.2) is 4.98 Å². The number of nitrogens with one attached hydrogen (secondary N) is 1. The molecule has 0 spiro atoms. The van der Waals surface area contributed by atoms with Crippen molar-refractivity contribution in [1.82, 2.24) is 4.98 Å². The highest BCUT2D eigenvalue weighted by Gasteiger charge is 2.20. The quantitative estimate of drug-likeness (QED) is 0.683. The third-order valence-electron chi connectivity index (χ3n) is 2.68. The van der Waals surface area contributed by atoms with Crippen molar-refractivity contribution in [3.05, 3.63) is 23.4 Å². The first kappa shape index (κ1) is 10.9. The number of aromatic nitrogens is 1. The second kappa shape index (κ2) is 4.47. The lowest BCUT2D eigenvalue weighted by Gasteiger charge is -2.15. The van der Waals surface area contributed by atoms with E-state index in [1.165, 1.54) is 6.20 Å². The van der Waals surface area contributed by atoms with Gasteiger partial charge >= 0.3 is 0 Å². The molecule has 2 rings (SSSR count). The number of aliphatic hydroxyl groups is 2. The first-order valence-corrected chi connectivity index (χ1v) is 5.18. The van der Waals surface area contributed by atoms with Crippen LogP contribution >= 0.6 is 0 Å². The van der Waals surface area contributed by atoms with E-state index in [0.717, 1.165) is 24.3 Å². The van der Waals surface area contributed by atoms with Crippen molar-refractivity contribution in [2.75, 3.05) is 11.9 Å². The van der Waals surface area contributed by atoms with Crippen LogP contribution in [0, 0.1) is 11.3 Å². The average Bonchev–Trinajstić information content (AvgIpc) is 2.75. The van der Waals surface area contributed by atoms with Gasteiger partial charge in [-0.15, -0.1) is 0 Å². The summed E-state index contributed by atoms with van der Waals surface area (Å²) in [5.41, 5.74) is 1.60. The molecule has 2 atom stereocenters. The predicted molar refractivity (Wildman–Crippen MR) is 57.6 cm³/mol. The van der Waals surface area contributed by atoms with E-state index in [0.29, 0.717) is 5.56 Å². The molecule has 16 heavy (non-hydrogen) atoms. The van der Waals surface area contributed by atoms with Crippen LogP contribution in [0.1, 0.15) is 23.7 Å². The molecule has 5 nitrogen and oxygen atoms in total. The van der Waals surface area contributed by atoms with Gasteiger partial charge in [-0.3, -0.25) is 0 Å². The lowest BCUT2D eigenvalue weighted by molar-refractivity contribution is 0.0214. The van der Waals surface area contributed by atoms with E-state index in [4.69, 9.17) is 5.26 Å². The molecule has 1 aromatic rings. The van der Waals surface area contributed by atoms with Crippen LogP contribution in [0.5, 0.6) is 0 Å². The summed E-state index contributed by atoms with van der Waals surface area (Å²) in [6.07, 6.45) is 0.216. The molecule has 0 aromatic carbocycles. The van der Waals surface area contributed by atoms with Crippen molar-refractivity contribution in [2.45, 2.75) is 25.0 Å². The molecule has 0 bridgehead atoms. The molecule has 3 N–H and O–H groups in total. The van der Waals surface area contributed by atoms with Crippen LogP contribution in [0.25, 0.3) is 0 Å². The lowest BCUT2D eigenvalue weighted by atomic mass is 10.0. The molecule has 0 aliphatic carbocycles. The molecule has 1 aliphatic rings. The number of pyridine rings is 1. The molecule has 5 heteroatoms. The van der Waals surface area contributed by atoms with Crippen molar-refractivity contribution >= 4 is 5.82 Å². The van der Waals surface area contributed by atoms with Gasteiger partial charge in [0.2, 0.25) is 0 Å². The molecule has 0 saturated heterocycles. The Hall–Kier alpha value is -1.64. The summed E-state index contributed by atoms with van der Waals surface area (Å²) in [5.74, 6) is 0.839. The van der Waals surface area contributed by atoms with Gasteiger partial charge in [0.05, 0.1) is 18.6 Å². The monoisotopic (exact) mass is 219 g/mol. The molecular formula is C11H13N3O2. The fraction of sp³-hybridized carbons (Fsp3) is 0.455. The van der Waals surface area contributed by atoms with E-state index in [9.17, 15) is 10.2 Å². The number of aliphatic hydroxyl groups excluding tert-OH is 2. The van der Waals surface area contributed by atoms with Crippen LogP contribution in [0.3, 0.4) is 0 Å². The highest BCUT2D eigenvalue weighted by atomic mass is 16.3. The fourth-order valence-corrected chi connectivity index (χ4v) is 1.78. The smallest absolute Gasteiger partial charge is 0.129 e. The topological polar surface area (TPSA) is 89.2 Å². The molecular weight excluding hydrogens is 206 g/mol. The Morgan fingerprint density at radius 3 is 3.12 bits per heavy atom. The Bertz CT molecular complexity index is 428. The number of rotatable bonds is 3. The van der Waals surface area contributed by atoms with Crippen LogP contribution in [0.4, 0.5) is 5.82 Å². The maximum Gasteiger partial charge on any atom is 0.129 e. The largest absolute Gasteiger partial charge is 0.389 e. The van der Waals surface area contributed by atoms with Gasteiger partial charge in [0.1, 0.15) is 11.9 Å². The van der Waals surface area contributed by atoms with Gasteiger partial charge in [0, 0.05) is 18.3 Å². The van der Waals surface area contributed by atoms with Crippen LogP contribution in [0.15, 0.2) is 12.3 Å². The van der Waals surface area contributed by atoms with Gasteiger partial charge in [0.25, 0.3) is 0 Å². The molecule has 2 unspecified atom stereocenters. The lowest BCUT2D eigenvalue weighted by Crippen LogP contribution is -2.17. The van der Waals surface area contributed by atoms with Gasteiger partial charge < -0.3 is 15.5 Å². The Labute approximate surface area is 93.4 Å². The molecule has 0 saturated carbocycles. The van der Waals surface area contributed by atoms with E-state index in [1.54, 1.807) is 0 Å². The zero-order valence-electron chi connectivity index (χ0n) is 8.72. The van der Waals surface area contributed by atoms with Crippen molar-refractivity contribution in [2.24, 2.45) is 0 Å². The minimum absolute atomic E-state index is 0.0868. The molecule has 0 fully saturated rings. The maximum atomic E-state index is 9.79. The maximum absolute atomic E-state index is 9.79. The van der Waals surface area contributed by atoms with Crippen LogP contribution in [0.2, 0.25) is 0 Å². The predicted octanol–water partition coefficient (Wildman–Crippen LogP) is 0.358. The Kier molecular flexibility index (Phi) is 3.04. The number of nitriles is 1. The van der Waals surface area contributed by atoms with Gasteiger partial charge in [-0.2, -0.15) is 5.26 Å². The molecule has 0 amide bonds. The van der Waals surface area contributed by atoms with Gasteiger partial charge in [-0.05, 0) is 18.1 Å². The minimum Gasteiger partial charge on any atom is -0.389 e. The van der Waals surface area contributed by atoms with Crippen LogP contribution < -0.4 is 5.32 Å². The van der Waals surface area contributed by atoms with Crippen LogP contribution in [-0.4, -0.2) is 27.8 Å². The van der Waals surface area contributed by atoms with Crippen molar-refractivity contribution in [3.63, 3.8) is 0 Å². The van der Waals surface area contributed by atoms with Gasteiger partial charge in [-0.1, -0.05) is 0 Å². The summed E-state index contributed by atoms with van der Waals surface area (Å²) in [4.78, 5) is 4.16. The standard InChI is InChI=1S/C11H13N3O2/c12-3-1-9(15)10(16)8-5-7-2-4-13-11(7)14-6-8/h5-6,9-10,15-16H,1-2,4H2,(H,13,14). The number of hydrogen-bond donors (Lipinski definition) is 3. The molecule has 0 radical (unpaired) electrons. The summed E-state index contributed by atoms with van der Waals surface area (Å²) in [6.45, 7) is 0.850. The van der Waals surface area contributed by atoms with Gasteiger partial charge in [0.15, 0.2) is 0 Å². The summed E-state index contributed by atoms with van der Waals surface area (Å²) < 4.78 is 0. The summed E-state index contributed by atoms with van der Waals surface area (Å²) >= 11 is 0. The molecule has 84 valence electrons. The van der Waals surface area contributed by atoms with E-state index in [1.807, 2.05) is 12.1 Å². The van der Waals surface area contributed by atoms with E-state index in [-0.39, 0.29) is 6.42 Å². The SMILES string of the molecule is N#CCC(O)C(O)c1cnc2c(c1)CCN2. The molecule has 1 aromatic heterocycles. The number of hydrogen-bond acceptors (Lipinski definition) is 5. The third kappa shape index (κ3) is 1.98. The summed E-state index contributed by atoms with van der Waals surface area (Å²) in [6, 6.07) is 3.65. The third-order valence-corrected chi connectivity index (χ3v) is 2.68. The normalized spacial score (nSPS) is 17.1. The van der Waals surface area contributed by atoms with E-state index in [2.05, 4.69) is 10.3 Å². The highest BCUT2D eigenvalue weighted by Crippen LogP contribution is 2.25. The Morgan fingerprint density at radius 1 is 1.56 bits per heavy atom. The zero-order valence-corrected chi connectivity index (χ0v) is 8.72. The van der Waals surface area contributed by atoms with Crippen molar-refractivity contribution < 1.29 is 10.2 Å². The molecule has 2 heterocycles. The summed E-state index contributed by atoms with van der Waals surface area (Å²) in [7, 11) is 0. The number of fused-ring (bicyclic) bond motifs is 1. The van der Waals surface area contributed by atoms with Crippen molar-refractivity contribution in [3.8, 4) is 6.07 Å². The van der Waals surface area contributed by atoms with E-state index >= 15 is 0 Å².